The molecule has 1 aliphatic carbocycles. The van der Waals surface area contributed by atoms with Crippen molar-refractivity contribution in [2.24, 2.45) is 0 Å². The largest absolute Gasteiger partial charge is 0.474 e. The van der Waals surface area contributed by atoms with Crippen LogP contribution in [0.15, 0.2) is 42.6 Å². The third kappa shape index (κ3) is 4.62. The van der Waals surface area contributed by atoms with Crippen molar-refractivity contribution in [3.05, 3.63) is 58.2 Å². The summed E-state index contributed by atoms with van der Waals surface area (Å²) in [6.45, 7) is 0. The standard InChI is InChI=1S/C18H18Cl2N2O2/c19-13-3-1-2-12(10-13)18(23)22-15-5-7-16(8-6-15)24-17-9-4-14(20)11-21-17/h1-4,9-11,15-16H,5-8H2,(H,22,23). The molecule has 3 rings (SSSR count). The van der Waals surface area contributed by atoms with E-state index < -0.39 is 0 Å². The maximum Gasteiger partial charge on any atom is 0.251 e. The Morgan fingerprint density at radius 1 is 1.08 bits per heavy atom. The van der Waals surface area contributed by atoms with Crippen molar-refractivity contribution in [2.75, 3.05) is 0 Å². The van der Waals surface area contributed by atoms with Crippen LogP contribution in [0, 0.1) is 0 Å². The van der Waals surface area contributed by atoms with Gasteiger partial charge in [0.15, 0.2) is 0 Å². The molecule has 2 aromatic rings. The summed E-state index contributed by atoms with van der Waals surface area (Å²) in [5, 5.41) is 4.23. The Morgan fingerprint density at radius 3 is 2.54 bits per heavy atom. The van der Waals surface area contributed by atoms with Crippen molar-refractivity contribution in [1.82, 2.24) is 10.3 Å². The average Bonchev–Trinajstić information content (AvgIpc) is 2.59. The number of aromatic nitrogens is 1. The minimum atomic E-state index is -0.0822. The number of hydrogen-bond acceptors (Lipinski definition) is 3. The van der Waals surface area contributed by atoms with Gasteiger partial charge in [-0.2, -0.15) is 0 Å². The number of benzene rings is 1. The van der Waals surface area contributed by atoms with Gasteiger partial charge in [-0.1, -0.05) is 29.3 Å². The molecule has 24 heavy (non-hydrogen) atoms. The number of carbonyl (C=O) groups is 1. The molecule has 0 saturated heterocycles. The van der Waals surface area contributed by atoms with Crippen molar-refractivity contribution >= 4 is 29.1 Å². The Bertz CT molecular complexity index is 698. The molecule has 1 N–H and O–H groups in total. The third-order valence-corrected chi connectivity index (χ3v) is 4.54. The molecule has 0 unspecified atom stereocenters. The molecule has 1 saturated carbocycles. The highest BCUT2D eigenvalue weighted by atomic mass is 35.5. The Balaban J connectivity index is 1.48. The molecule has 0 bridgehead atoms. The molecule has 0 aliphatic heterocycles. The summed E-state index contributed by atoms with van der Waals surface area (Å²) in [5.74, 6) is 0.507. The zero-order chi connectivity index (χ0) is 16.9. The first-order chi connectivity index (χ1) is 11.6. The maximum absolute atomic E-state index is 12.2. The predicted molar refractivity (Wildman–Crippen MR) is 94.8 cm³/mol. The number of ether oxygens (including phenoxy) is 1. The van der Waals surface area contributed by atoms with Crippen molar-refractivity contribution < 1.29 is 9.53 Å². The monoisotopic (exact) mass is 364 g/mol. The number of pyridine rings is 1. The van der Waals surface area contributed by atoms with Crippen LogP contribution in [-0.2, 0) is 0 Å². The number of amides is 1. The molecular formula is C18H18Cl2N2O2. The maximum atomic E-state index is 12.2. The summed E-state index contributed by atoms with van der Waals surface area (Å²) in [7, 11) is 0. The molecule has 0 atom stereocenters. The van der Waals surface area contributed by atoms with Crippen molar-refractivity contribution in [2.45, 2.75) is 37.8 Å². The number of carbonyl (C=O) groups excluding carboxylic acids is 1. The zero-order valence-corrected chi connectivity index (χ0v) is 14.6. The average molecular weight is 365 g/mol. The van der Waals surface area contributed by atoms with Crippen LogP contribution < -0.4 is 10.1 Å². The van der Waals surface area contributed by atoms with Crippen LogP contribution in [0.4, 0.5) is 0 Å². The number of hydrogen-bond donors (Lipinski definition) is 1. The van der Waals surface area contributed by atoms with Gasteiger partial charge in [0.05, 0.1) is 5.02 Å². The molecule has 4 nitrogen and oxygen atoms in total. The topological polar surface area (TPSA) is 51.2 Å². The minimum absolute atomic E-state index is 0.0822. The second kappa shape index (κ2) is 7.86. The zero-order valence-electron chi connectivity index (χ0n) is 13.0. The van der Waals surface area contributed by atoms with Gasteiger partial charge in [0.1, 0.15) is 6.10 Å². The lowest BCUT2D eigenvalue weighted by molar-refractivity contribution is 0.0890. The predicted octanol–water partition coefficient (Wildman–Crippen LogP) is 4.51. The molecular weight excluding hydrogens is 347 g/mol. The van der Waals surface area contributed by atoms with Crippen LogP contribution in [0.3, 0.4) is 0 Å². The second-order valence-electron chi connectivity index (χ2n) is 5.89. The van der Waals surface area contributed by atoms with E-state index >= 15 is 0 Å². The van der Waals surface area contributed by atoms with Gasteiger partial charge in [-0.15, -0.1) is 0 Å². The molecule has 1 heterocycles. The van der Waals surface area contributed by atoms with Gasteiger partial charge in [0.25, 0.3) is 5.91 Å². The highest BCUT2D eigenvalue weighted by Crippen LogP contribution is 2.24. The molecule has 1 aliphatic rings. The van der Waals surface area contributed by atoms with Gasteiger partial charge >= 0.3 is 0 Å². The Labute approximate surface area is 151 Å². The lowest BCUT2D eigenvalue weighted by atomic mass is 9.92. The summed E-state index contributed by atoms with van der Waals surface area (Å²) in [5.41, 5.74) is 0.589. The van der Waals surface area contributed by atoms with E-state index in [9.17, 15) is 4.79 Å². The summed E-state index contributed by atoms with van der Waals surface area (Å²) in [6, 6.07) is 10.7. The summed E-state index contributed by atoms with van der Waals surface area (Å²) >= 11 is 11.7. The van der Waals surface area contributed by atoms with Crippen molar-refractivity contribution in [1.29, 1.82) is 0 Å². The van der Waals surface area contributed by atoms with E-state index in [1.165, 1.54) is 0 Å². The van der Waals surface area contributed by atoms with Crippen LogP contribution in [-0.4, -0.2) is 23.0 Å². The fraction of sp³-hybridized carbons (Fsp3) is 0.333. The first-order valence-electron chi connectivity index (χ1n) is 7.95. The highest BCUT2D eigenvalue weighted by Gasteiger charge is 2.24. The third-order valence-electron chi connectivity index (χ3n) is 4.08. The first-order valence-corrected chi connectivity index (χ1v) is 8.70. The van der Waals surface area contributed by atoms with Crippen LogP contribution in [0.5, 0.6) is 5.88 Å². The molecule has 6 heteroatoms. The van der Waals surface area contributed by atoms with E-state index in [1.54, 1.807) is 42.6 Å². The highest BCUT2D eigenvalue weighted by molar-refractivity contribution is 6.31. The Hall–Kier alpha value is -1.78. The quantitative estimate of drug-likeness (QED) is 0.868. The number of halogens is 2. The molecule has 0 radical (unpaired) electrons. The van der Waals surface area contributed by atoms with Gasteiger partial charge in [-0.25, -0.2) is 4.98 Å². The lowest BCUT2D eigenvalue weighted by Gasteiger charge is -2.29. The SMILES string of the molecule is O=C(NC1CCC(Oc2ccc(Cl)cn2)CC1)c1cccc(Cl)c1. The molecule has 1 aromatic carbocycles. The van der Waals surface area contributed by atoms with E-state index in [2.05, 4.69) is 10.3 Å². The fourth-order valence-corrected chi connectivity index (χ4v) is 3.13. The van der Waals surface area contributed by atoms with Crippen molar-refractivity contribution in [3.63, 3.8) is 0 Å². The minimum Gasteiger partial charge on any atom is -0.474 e. The van der Waals surface area contributed by atoms with Gasteiger partial charge in [0, 0.05) is 28.9 Å². The second-order valence-corrected chi connectivity index (χ2v) is 6.76. The number of rotatable bonds is 4. The van der Waals surface area contributed by atoms with Gasteiger partial charge in [0.2, 0.25) is 5.88 Å². The van der Waals surface area contributed by atoms with E-state index in [0.29, 0.717) is 21.5 Å². The van der Waals surface area contributed by atoms with Gasteiger partial charge in [-0.05, 0) is 49.9 Å². The normalized spacial score (nSPS) is 20.4. The van der Waals surface area contributed by atoms with E-state index in [1.807, 2.05) is 0 Å². The molecule has 1 fully saturated rings. The smallest absolute Gasteiger partial charge is 0.251 e. The molecule has 126 valence electrons. The summed E-state index contributed by atoms with van der Waals surface area (Å²) in [6.07, 6.45) is 5.22. The molecule has 1 amide bonds. The number of nitrogens with one attached hydrogen (secondary N) is 1. The van der Waals surface area contributed by atoms with Crippen LogP contribution in [0.25, 0.3) is 0 Å². The molecule has 0 spiro atoms. The van der Waals surface area contributed by atoms with Crippen molar-refractivity contribution in [3.8, 4) is 5.88 Å². The van der Waals surface area contributed by atoms with Gasteiger partial charge in [-0.3, -0.25) is 4.79 Å². The van der Waals surface area contributed by atoms with Gasteiger partial charge < -0.3 is 10.1 Å². The van der Waals surface area contributed by atoms with E-state index in [4.69, 9.17) is 27.9 Å². The Morgan fingerprint density at radius 2 is 1.88 bits per heavy atom. The first kappa shape index (κ1) is 17.1. The Kier molecular flexibility index (Phi) is 5.59. The number of nitrogens with zero attached hydrogens (tertiary/aromatic N) is 1. The fourth-order valence-electron chi connectivity index (χ4n) is 2.83. The van der Waals surface area contributed by atoms with E-state index in [0.717, 1.165) is 25.7 Å². The van der Waals surface area contributed by atoms with Crippen LogP contribution >= 0.6 is 23.2 Å². The van der Waals surface area contributed by atoms with Crippen LogP contribution in [0.2, 0.25) is 10.0 Å². The van der Waals surface area contributed by atoms with E-state index in [-0.39, 0.29) is 18.1 Å². The summed E-state index contributed by atoms with van der Waals surface area (Å²) < 4.78 is 5.86. The molecule has 1 aromatic heterocycles. The summed E-state index contributed by atoms with van der Waals surface area (Å²) in [4.78, 5) is 16.4. The lowest BCUT2D eigenvalue weighted by Crippen LogP contribution is -2.39. The van der Waals surface area contributed by atoms with Crippen LogP contribution in [0.1, 0.15) is 36.0 Å².